The molecule has 5 nitrogen and oxygen atoms in total. The molecule has 0 saturated heterocycles. The molecule has 1 aromatic rings. The number of hydrogen-bond donors (Lipinski definition) is 2. The quantitative estimate of drug-likeness (QED) is 0.724. The van der Waals surface area contributed by atoms with Crippen LogP contribution in [0.15, 0.2) is 9.95 Å². The van der Waals surface area contributed by atoms with E-state index in [2.05, 4.69) is 36.3 Å². The Bertz CT molecular complexity index is 385. The Morgan fingerprint density at radius 3 is 2.76 bits per heavy atom. The fraction of sp³-hybridized carbons (Fsp3) is 0.818. The molecule has 0 aliphatic heterocycles. The molecule has 6 heteroatoms. The fourth-order valence-electron chi connectivity index (χ4n) is 1.40. The third-order valence-electron chi connectivity index (χ3n) is 2.41. The number of hydrogen-bond acceptors (Lipinski definition) is 4. The van der Waals surface area contributed by atoms with Crippen molar-refractivity contribution in [2.75, 3.05) is 12.3 Å². The number of aromatic amines is 1. The molecule has 17 heavy (non-hydrogen) atoms. The first kappa shape index (κ1) is 14.3. The van der Waals surface area contributed by atoms with Crippen LogP contribution in [-0.4, -0.2) is 33.1 Å². The lowest BCUT2D eigenvalue weighted by atomic mass is 10.2. The van der Waals surface area contributed by atoms with Gasteiger partial charge in [-0.2, -0.15) is 0 Å². The molecule has 0 aromatic carbocycles. The van der Waals surface area contributed by atoms with Crippen molar-refractivity contribution in [2.45, 2.75) is 45.4 Å². The number of thioether (sulfide) groups is 1. The van der Waals surface area contributed by atoms with Crippen molar-refractivity contribution in [1.29, 1.82) is 0 Å². The molecule has 0 spiro atoms. The third kappa shape index (κ3) is 4.55. The van der Waals surface area contributed by atoms with E-state index in [-0.39, 0.29) is 5.69 Å². The monoisotopic (exact) mass is 258 g/mol. The smallest absolute Gasteiger partial charge is 0.314 e. The summed E-state index contributed by atoms with van der Waals surface area (Å²) in [5, 5.41) is 10.7. The average Bonchev–Trinajstić information content (AvgIpc) is 2.64. The van der Waals surface area contributed by atoms with Gasteiger partial charge in [0.05, 0.1) is 0 Å². The lowest BCUT2D eigenvalue weighted by molar-refractivity contribution is 0.509. The second-order valence-electron chi connectivity index (χ2n) is 4.53. The standard InChI is InChI=1S/C11H22N4OS/c1-5-15-10(16)13-14-11(15)17-7-9(4)6-12-8(2)3/h8-9,12H,5-7H2,1-4H3,(H,13,16). The highest BCUT2D eigenvalue weighted by molar-refractivity contribution is 7.99. The summed E-state index contributed by atoms with van der Waals surface area (Å²) in [5.41, 5.74) is -0.122. The van der Waals surface area contributed by atoms with Gasteiger partial charge < -0.3 is 5.32 Å². The van der Waals surface area contributed by atoms with E-state index in [1.165, 1.54) is 0 Å². The topological polar surface area (TPSA) is 62.7 Å². The van der Waals surface area contributed by atoms with E-state index in [1.54, 1.807) is 16.3 Å². The molecule has 98 valence electrons. The summed E-state index contributed by atoms with van der Waals surface area (Å²) < 4.78 is 1.66. The van der Waals surface area contributed by atoms with Crippen LogP contribution in [0.5, 0.6) is 0 Å². The fourth-order valence-corrected chi connectivity index (χ4v) is 2.43. The zero-order valence-corrected chi connectivity index (χ0v) is 11.8. The molecule has 2 N–H and O–H groups in total. The van der Waals surface area contributed by atoms with Crippen molar-refractivity contribution >= 4 is 11.8 Å². The molecule has 0 aliphatic carbocycles. The van der Waals surface area contributed by atoms with E-state index in [1.807, 2.05) is 6.92 Å². The molecular weight excluding hydrogens is 236 g/mol. The summed E-state index contributed by atoms with van der Waals surface area (Å²) in [6.45, 7) is 10.1. The number of H-pyrrole nitrogens is 1. The van der Waals surface area contributed by atoms with Crippen LogP contribution in [0.25, 0.3) is 0 Å². The van der Waals surface area contributed by atoms with Gasteiger partial charge in [-0.25, -0.2) is 9.89 Å². The van der Waals surface area contributed by atoms with Crippen molar-refractivity contribution in [3.63, 3.8) is 0 Å². The van der Waals surface area contributed by atoms with E-state index in [0.717, 1.165) is 17.5 Å². The van der Waals surface area contributed by atoms with Crippen LogP contribution >= 0.6 is 11.8 Å². The molecular formula is C11H22N4OS. The molecule has 0 aliphatic rings. The predicted octanol–water partition coefficient (Wildman–Crippen LogP) is 1.32. The van der Waals surface area contributed by atoms with Gasteiger partial charge in [-0.1, -0.05) is 32.5 Å². The van der Waals surface area contributed by atoms with Crippen LogP contribution in [0.2, 0.25) is 0 Å². The Morgan fingerprint density at radius 1 is 1.47 bits per heavy atom. The summed E-state index contributed by atoms with van der Waals surface area (Å²) in [7, 11) is 0. The Hall–Kier alpha value is -0.750. The molecule has 0 radical (unpaired) electrons. The van der Waals surface area contributed by atoms with E-state index in [0.29, 0.717) is 18.5 Å². The van der Waals surface area contributed by atoms with Crippen LogP contribution in [0, 0.1) is 5.92 Å². The van der Waals surface area contributed by atoms with Crippen molar-refractivity contribution in [1.82, 2.24) is 20.1 Å². The summed E-state index contributed by atoms with van der Waals surface area (Å²) in [5.74, 6) is 1.52. The van der Waals surface area contributed by atoms with Gasteiger partial charge in [0.15, 0.2) is 5.16 Å². The minimum atomic E-state index is -0.122. The van der Waals surface area contributed by atoms with Crippen molar-refractivity contribution in [3.05, 3.63) is 10.5 Å². The van der Waals surface area contributed by atoms with Gasteiger partial charge in [0.2, 0.25) is 0 Å². The number of aromatic nitrogens is 3. The normalized spacial score (nSPS) is 13.2. The molecule has 0 saturated carbocycles. The number of rotatable bonds is 7. The SMILES string of the molecule is CCn1c(SCC(C)CNC(C)C)n[nH]c1=O. The maximum atomic E-state index is 11.3. The van der Waals surface area contributed by atoms with Crippen LogP contribution < -0.4 is 11.0 Å². The van der Waals surface area contributed by atoms with Gasteiger partial charge in [-0.3, -0.25) is 4.57 Å². The van der Waals surface area contributed by atoms with Gasteiger partial charge in [0.25, 0.3) is 0 Å². The van der Waals surface area contributed by atoms with Crippen molar-refractivity contribution < 1.29 is 0 Å². The van der Waals surface area contributed by atoms with Crippen LogP contribution in [0.1, 0.15) is 27.7 Å². The second kappa shape index (κ2) is 6.86. The Kier molecular flexibility index (Phi) is 5.77. The molecule has 0 bridgehead atoms. The summed E-state index contributed by atoms with van der Waals surface area (Å²) in [6.07, 6.45) is 0. The first-order chi connectivity index (χ1) is 8.04. The molecule has 1 atom stereocenters. The highest BCUT2D eigenvalue weighted by Gasteiger charge is 2.09. The lowest BCUT2D eigenvalue weighted by Gasteiger charge is -2.14. The lowest BCUT2D eigenvalue weighted by Crippen LogP contribution is -2.28. The van der Waals surface area contributed by atoms with E-state index in [4.69, 9.17) is 0 Å². The summed E-state index contributed by atoms with van der Waals surface area (Å²) in [6, 6.07) is 0.515. The molecule has 0 fully saturated rings. The molecule has 0 amide bonds. The highest BCUT2D eigenvalue weighted by atomic mass is 32.2. The largest absolute Gasteiger partial charge is 0.343 e. The maximum Gasteiger partial charge on any atom is 0.343 e. The first-order valence-corrected chi connectivity index (χ1v) is 7.04. The van der Waals surface area contributed by atoms with E-state index >= 15 is 0 Å². The Morgan fingerprint density at radius 2 is 2.18 bits per heavy atom. The maximum absolute atomic E-state index is 11.3. The van der Waals surface area contributed by atoms with Crippen LogP contribution in [0.4, 0.5) is 0 Å². The highest BCUT2D eigenvalue weighted by Crippen LogP contribution is 2.16. The second-order valence-corrected chi connectivity index (χ2v) is 5.52. The van der Waals surface area contributed by atoms with Crippen molar-refractivity contribution in [3.8, 4) is 0 Å². The van der Waals surface area contributed by atoms with Gasteiger partial charge in [-0.15, -0.1) is 5.10 Å². The molecule has 1 aromatic heterocycles. The molecule has 1 heterocycles. The molecule has 1 unspecified atom stereocenters. The van der Waals surface area contributed by atoms with E-state index in [9.17, 15) is 4.79 Å². The Balaban J connectivity index is 2.42. The van der Waals surface area contributed by atoms with Gasteiger partial charge in [0, 0.05) is 18.3 Å². The average molecular weight is 258 g/mol. The van der Waals surface area contributed by atoms with Crippen LogP contribution in [0.3, 0.4) is 0 Å². The Labute approximate surface area is 106 Å². The van der Waals surface area contributed by atoms with Gasteiger partial charge >= 0.3 is 5.69 Å². The van der Waals surface area contributed by atoms with Crippen LogP contribution in [-0.2, 0) is 6.54 Å². The zero-order valence-electron chi connectivity index (χ0n) is 11.0. The first-order valence-electron chi connectivity index (χ1n) is 6.06. The number of nitrogens with one attached hydrogen (secondary N) is 2. The third-order valence-corrected chi connectivity index (χ3v) is 3.72. The summed E-state index contributed by atoms with van der Waals surface area (Å²) >= 11 is 1.63. The van der Waals surface area contributed by atoms with E-state index < -0.39 is 0 Å². The van der Waals surface area contributed by atoms with Gasteiger partial charge in [0.1, 0.15) is 0 Å². The minimum Gasteiger partial charge on any atom is -0.314 e. The summed E-state index contributed by atoms with van der Waals surface area (Å²) in [4.78, 5) is 11.3. The minimum absolute atomic E-state index is 0.122. The van der Waals surface area contributed by atoms with Crippen molar-refractivity contribution in [2.24, 2.45) is 5.92 Å². The zero-order chi connectivity index (χ0) is 12.8. The molecule has 1 rings (SSSR count). The predicted molar refractivity (Wildman–Crippen MR) is 71.5 cm³/mol. The van der Waals surface area contributed by atoms with Gasteiger partial charge in [-0.05, 0) is 19.4 Å². The number of nitrogens with zero attached hydrogens (tertiary/aromatic N) is 2.